The summed E-state index contributed by atoms with van der Waals surface area (Å²) in [6.45, 7) is 4.78. The Labute approximate surface area is 227 Å². The van der Waals surface area contributed by atoms with E-state index in [1.54, 1.807) is 11.8 Å². The zero-order chi connectivity index (χ0) is 26.5. The molecule has 3 aromatic rings. The van der Waals surface area contributed by atoms with Gasteiger partial charge in [0.05, 0.1) is 17.3 Å². The highest BCUT2D eigenvalue weighted by atomic mass is 32.2. The van der Waals surface area contributed by atoms with E-state index in [4.69, 9.17) is 4.99 Å². The Kier molecular flexibility index (Phi) is 7.79. The van der Waals surface area contributed by atoms with E-state index in [2.05, 4.69) is 27.8 Å². The first-order valence-corrected chi connectivity index (χ1v) is 13.8. The molecule has 0 saturated carbocycles. The predicted molar refractivity (Wildman–Crippen MR) is 157 cm³/mol. The number of thioether (sulfide) groups is 1. The number of amides is 3. The van der Waals surface area contributed by atoms with Gasteiger partial charge in [-0.2, -0.15) is 0 Å². The standard InChI is InChI=1S/C30H31N5O2S/c1-3-21-10-7-14-24(18-21)33-29(37)34-25-15-8-11-22(19-25)27-26(28(36)32-23-12-5-4-6-13-23)20(2)31-30-35(27)16-9-17-38-30/h4-8,10-15,18-19,27H,3,9,16-17H2,1-2H3,(H,32,36)(H2,33,34,37). The van der Waals surface area contributed by atoms with E-state index in [-0.39, 0.29) is 18.0 Å². The van der Waals surface area contributed by atoms with Gasteiger partial charge in [0, 0.05) is 29.4 Å². The van der Waals surface area contributed by atoms with Gasteiger partial charge in [-0.3, -0.25) is 4.79 Å². The highest BCUT2D eigenvalue weighted by Crippen LogP contribution is 2.40. The number of carbonyl (C=O) groups excluding carboxylic acids is 2. The molecule has 0 radical (unpaired) electrons. The van der Waals surface area contributed by atoms with E-state index in [1.807, 2.05) is 85.8 Å². The van der Waals surface area contributed by atoms with Crippen LogP contribution in [0.2, 0.25) is 0 Å². The topological polar surface area (TPSA) is 85.8 Å². The summed E-state index contributed by atoms with van der Waals surface area (Å²) in [6.07, 6.45) is 1.90. The van der Waals surface area contributed by atoms with E-state index in [0.29, 0.717) is 17.0 Å². The molecule has 194 valence electrons. The number of anilines is 3. The van der Waals surface area contributed by atoms with Gasteiger partial charge in [0.2, 0.25) is 0 Å². The van der Waals surface area contributed by atoms with Crippen LogP contribution in [0.1, 0.15) is 37.4 Å². The van der Waals surface area contributed by atoms with Gasteiger partial charge in [-0.25, -0.2) is 9.79 Å². The van der Waals surface area contributed by atoms with E-state index >= 15 is 0 Å². The molecule has 0 spiro atoms. The average molecular weight is 526 g/mol. The molecule has 2 aliphatic heterocycles. The van der Waals surface area contributed by atoms with Crippen molar-refractivity contribution >= 4 is 45.9 Å². The number of para-hydroxylation sites is 1. The number of aryl methyl sites for hydroxylation is 1. The number of amidine groups is 1. The zero-order valence-electron chi connectivity index (χ0n) is 21.5. The van der Waals surface area contributed by atoms with Gasteiger partial charge in [-0.15, -0.1) is 0 Å². The average Bonchev–Trinajstić information content (AvgIpc) is 2.93. The van der Waals surface area contributed by atoms with Gasteiger partial charge >= 0.3 is 6.03 Å². The highest BCUT2D eigenvalue weighted by Gasteiger charge is 2.37. The van der Waals surface area contributed by atoms with E-state index < -0.39 is 0 Å². The first-order chi connectivity index (χ1) is 18.5. The molecule has 1 fully saturated rings. The molecular formula is C30H31N5O2S. The van der Waals surface area contributed by atoms with Crippen molar-refractivity contribution in [3.63, 3.8) is 0 Å². The summed E-state index contributed by atoms with van der Waals surface area (Å²) in [6, 6.07) is 24.3. The molecular weight excluding hydrogens is 494 g/mol. The van der Waals surface area contributed by atoms with Crippen molar-refractivity contribution in [3.05, 3.63) is 101 Å². The van der Waals surface area contributed by atoms with Crippen LogP contribution in [0.4, 0.5) is 21.9 Å². The number of nitrogens with one attached hydrogen (secondary N) is 3. The molecule has 1 saturated heterocycles. The third-order valence-corrected chi connectivity index (χ3v) is 7.66. The second kappa shape index (κ2) is 11.6. The minimum absolute atomic E-state index is 0.177. The lowest BCUT2D eigenvalue weighted by Crippen LogP contribution is -2.43. The van der Waals surface area contributed by atoms with Gasteiger partial charge in [0.1, 0.15) is 0 Å². The molecule has 5 rings (SSSR count). The maximum absolute atomic E-state index is 13.6. The molecule has 8 heteroatoms. The van der Waals surface area contributed by atoms with Crippen molar-refractivity contribution in [3.8, 4) is 0 Å². The molecule has 2 heterocycles. The lowest BCUT2D eigenvalue weighted by atomic mass is 9.93. The van der Waals surface area contributed by atoms with Crippen LogP contribution in [0.15, 0.2) is 95.1 Å². The smallest absolute Gasteiger partial charge is 0.323 e. The van der Waals surface area contributed by atoms with Crippen molar-refractivity contribution in [1.82, 2.24) is 4.90 Å². The first kappa shape index (κ1) is 25.6. The molecule has 0 aliphatic carbocycles. The van der Waals surface area contributed by atoms with Crippen LogP contribution in [0.3, 0.4) is 0 Å². The molecule has 3 amide bonds. The Morgan fingerprint density at radius 1 is 0.921 bits per heavy atom. The number of hydrogen-bond acceptors (Lipinski definition) is 5. The molecule has 0 aromatic heterocycles. The maximum atomic E-state index is 13.6. The number of fused-ring (bicyclic) bond motifs is 1. The van der Waals surface area contributed by atoms with Crippen LogP contribution in [0.5, 0.6) is 0 Å². The van der Waals surface area contributed by atoms with Gasteiger partial charge < -0.3 is 20.9 Å². The predicted octanol–water partition coefficient (Wildman–Crippen LogP) is 6.66. The second-order valence-electron chi connectivity index (χ2n) is 9.27. The minimum atomic E-state index is -0.316. The van der Waals surface area contributed by atoms with Crippen LogP contribution in [0.25, 0.3) is 0 Å². The summed E-state index contributed by atoms with van der Waals surface area (Å²) in [5.74, 6) is 0.825. The fraction of sp³-hybridized carbons (Fsp3) is 0.233. The van der Waals surface area contributed by atoms with Crippen LogP contribution in [0, 0.1) is 0 Å². The molecule has 7 nitrogen and oxygen atoms in total. The normalized spacial score (nSPS) is 16.8. The van der Waals surface area contributed by atoms with Gasteiger partial charge in [0.15, 0.2) is 5.17 Å². The van der Waals surface area contributed by atoms with Gasteiger partial charge in [0.25, 0.3) is 5.91 Å². The summed E-state index contributed by atoms with van der Waals surface area (Å²) in [5.41, 5.74) is 5.52. The number of allylic oxidation sites excluding steroid dienone is 1. The van der Waals surface area contributed by atoms with E-state index in [0.717, 1.165) is 52.8 Å². The summed E-state index contributed by atoms with van der Waals surface area (Å²) >= 11 is 1.72. The highest BCUT2D eigenvalue weighted by molar-refractivity contribution is 8.13. The van der Waals surface area contributed by atoms with E-state index in [1.165, 1.54) is 0 Å². The molecule has 1 unspecified atom stereocenters. The fourth-order valence-corrected chi connectivity index (χ4v) is 5.79. The molecule has 2 aliphatic rings. The number of nitrogens with zero attached hydrogens (tertiary/aromatic N) is 2. The Bertz CT molecular complexity index is 1400. The largest absolute Gasteiger partial charge is 0.340 e. The SMILES string of the molecule is CCc1cccc(NC(=O)Nc2cccc(C3C(C(=O)Nc4ccccc4)=C(C)N=C4SCCCN43)c2)c1. The number of urea groups is 1. The van der Waals surface area contributed by atoms with Crippen LogP contribution >= 0.6 is 11.8 Å². The summed E-state index contributed by atoms with van der Waals surface area (Å²) in [4.78, 5) is 33.4. The fourth-order valence-electron chi connectivity index (χ4n) is 4.77. The number of benzene rings is 3. The Balaban J connectivity index is 1.42. The molecule has 3 aromatic carbocycles. The van der Waals surface area contributed by atoms with Crippen molar-refractivity contribution in [2.75, 3.05) is 28.2 Å². The Hall–Kier alpha value is -4.04. The monoisotopic (exact) mass is 525 g/mol. The molecule has 3 N–H and O–H groups in total. The van der Waals surface area contributed by atoms with Crippen LogP contribution < -0.4 is 16.0 Å². The zero-order valence-corrected chi connectivity index (χ0v) is 22.3. The van der Waals surface area contributed by atoms with E-state index in [9.17, 15) is 9.59 Å². The molecule has 1 atom stereocenters. The summed E-state index contributed by atoms with van der Waals surface area (Å²) < 4.78 is 0. The maximum Gasteiger partial charge on any atom is 0.323 e. The van der Waals surface area contributed by atoms with Crippen molar-refractivity contribution in [2.45, 2.75) is 32.7 Å². The lowest BCUT2D eigenvalue weighted by molar-refractivity contribution is -0.113. The van der Waals surface area contributed by atoms with Gasteiger partial charge in [-0.05, 0) is 67.3 Å². The third kappa shape index (κ3) is 5.75. The van der Waals surface area contributed by atoms with Crippen molar-refractivity contribution < 1.29 is 9.59 Å². The number of rotatable bonds is 6. The second-order valence-corrected chi connectivity index (χ2v) is 10.3. The Morgan fingerprint density at radius 3 is 2.39 bits per heavy atom. The quantitative estimate of drug-likeness (QED) is 0.336. The van der Waals surface area contributed by atoms with Crippen LogP contribution in [-0.4, -0.2) is 34.3 Å². The summed E-state index contributed by atoms with van der Waals surface area (Å²) in [7, 11) is 0. The number of carbonyl (C=O) groups is 2. The van der Waals surface area contributed by atoms with Crippen molar-refractivity contribution in [2.24, 2.45) is 4.99 Å². The number of hydrogen-bond donors (Lipinski definition) is 3. The summed E-state index contributed by atoms with van der Waals surface area (Å²) in [5, 5.41) is 9.84. The lowest BCUT2D eigenvalue weighted by Gasteiger charge is -2.41. The third-order valence-electron chi connectivity index (χ3n) is 6.59. The first-order valence-electron chi connectivity index (χ1n) is 12.8. The van der Waals surface area contributed by atoms with Crippen LogP contribution in [-0.2, 0) is 11.2 Å². The van der Waals surface area contributed by atoms with Gasteiger partial charge in [-0.1, -0.05) is 61.2 Å². The molecule has 38 heavy (non-hydrogen) atoms. The number of aliphatic imine (C=N–C) groups is 1. The van der Waals surface area contributed by atoms with Crippen molar-refractivity contribution in [1.29, 1.82) is 0 Å². The Morgan fingerprint density at radius 2 is 1.63 bits per heavy atom. The minimum Gasteiger partial charge on any atom is -0.340 e. The molecule has 0 bridgehead atoms.